The van der Waals surface area contributed by atoms with Crippen molar-refractivity contribution in [3.05, 3.63) is 53.6 Å². The van der Waals surface area contributed by atoms with E-state index in [4.69, 9.17) is 9.47 Å². The summed E-state index contributed by atoms with van der Waals surface area (Å²) in [6.07, 6.45) is 0. The van der Waals surface area contributed by atoms with Gasteiger partial charge < -0.3 is 9.47 Å². The van der Waals surface area contributed by atoms with Crippen LogP contribution in [0.2, 0.25) is 0 Å². The van der Waals surface area contributed by atoms with Gasteiger partial charge in [-0.3, -0.25) is 15.0 Å². The first-order valence-corrected chi connectivity index (χ1v) is 10.2. The number of rotatable bonds is 6. The Labute approximate surface area is 168 Å². The lowest BCUT2D eigenvalue weighted by atomic mass is 10.2. The highest BCUT2D eigenvalue weighted by Crippen LogP contribution is 2.27. The Balaban J connectivity index is 1.37. The lowest BCUT2D eigenvalue weighted by Gasteiger charge is -2.26. The molecule has 1 aliphatic rings. The average molecular weight is 398 g/mol. The first kappa shape index (κ1) is 18.9. The highest BCUT2D eigenvalue weighted by Gasteiger charge is 2.13. The van der Waals surface area contributed by atoms with Crippen molar-refractivity contribution in [3.8, 4) is 5.75 Å². The lowest BCUT2D eigenvalue weighted by molar-refractivity contribution is -0.118. The van der Waals surface area contributed by atoms with Crippen LogP contribution in [0.3, 0.4) is 0 Å². The number of para-hydroxylation sites is 1. The van der Waals surface area contributed by atoms with Crippen molar-refractivity contribution in [1.29, 1.82) is 0 Å². The van der Waals surface area contributed by atoms with Crippen LogP contribution in [0, 0.1) is 6.92 Å². The number of carbonyl (C=O) groups excluding carboxylic acids is 1. The SMILES string of the molecule is Cc1ccccc1OCC(=O)Nc1nc2ccc(CN3CCOCC3)cc2s1. The Bertz CT molecular complexity index is 966. The summed E-state index contributed by atoms with van der Waals surface area (Å²) in [7, 11) is 0. The number of anilines is 1. The summed E-state index contributed by atoms with van der Waals surface area (Å²) in [6.45, 7) is 6.33. The van der Waals surface area contributed by atoms with Gasteiger partial charge in [-0.2, -0.15) is 0 Å². The van der Waals surface area contributed by atoms with Crippen LogP contribution in [0.15, 0.2) is 42.5 Å². The van der Waals surface area contributed by atoms with Gasteiger partial charge in [0, 0.05) is 19.6 Å². The van der Waals surface area contributed by atoms with Gasteiger partial charge >= 0.3 is 0 Å². The standard InChI is InChI=1S/C21H23N3O3S/c1-15-4-2-3-5-18(15)27-14-20(25)23-21-22-17-7-6-16(12-19(17)28-21)13-24-8-10-26-11-9-24/h2-7,12H,8-11,13-14H2,1H3,(H,22,23,25). The van der Waals surface area contributed by atoms with Gasteiger partial charge in [0.15, 0.2) is 11.7 Å². The van der Waals surface area contributed by atoms with E-state index in [1.165, 1.54) is 16.9 Å². The van der Waals surface area contributed by atoms with E-state index >= 15 is 0 Å². The molecule has 4 rings (SSSR count). The molecule has 1 aliphatic heterocycles. The van der Waals surface area contributed by atoms with Gasteiger partial charge in [0.2, 0.25) is 0 Å². The number of morpholine rings is 1. The summed E-state index contributed by atoms with van der Waals surface area (Å²) < 4.78 is 12.1. The van der Waals surface area contributed by atoms with Crippen molar-refractivity contribution in [2.24, 2.45) is 0 Å². The molecule has 1 fully saturated rings. The van der Waals surface area contributed by atoms with Crippen molar-refractivity contribution in [1.82, 2.24) is 9.88 Å². The zero-order chi connectivity index (χ0) is 19.3. The second-order valence-electron chi connectivity index (χ2n) is 6.81. The molecule has 146 valence electrons. The second-order valence-corrected chi connectivity index (χ2v) is 7.84. The molecule has 1 amide bonds. The molecule has 7 heteroatoms. The number of aromatic nitrogens is 1. The summed E-state index contributed by atoms with van der Waals surface area (Å²) in [5.74, 6) is 0.505. The van der Waals surface area contributed by atoms with Gasteiger partial charge in [0.05, 0.1) is 23.4 Å². The summed E-state index contributed by atoms with van der Waals surface area (Å²) in [4.78, 5) is 19.1. The van der Waals surface area contributed by atoms with Gasteiger partial charge in [-0.1, -0.05) is 35.6 Å². The van der Waals surface area contributed by atoms with E-state index in [2.05, 4.69) is 27.3 Å². The zero-order valence-corrected chi connectivity index (χ0v) is 16.6. The van der Waals surface area contributed by atoms with Gasteiger partial charge in [0.25, 0.3) is 5.91 Å². The number of carbonyl (C=O) groups is 1. The van der Waals surface area contributed by atoms with Gasteiger partial charge in [-0.25, -0.2) is 4.98 Å². The molecule has 0 atom stereocenters. The summed E-state index contributed by atoms with van der Waals surface area (Å²) in [5, 5.41) is 3.43. The van der Waals surface area contributed by atoms with Crippen LogP contribution in [0.1, 0.15) is 11.1 Å². The fourth-order valence-electron chi connectivity index (χ4n) is 3.16. The maximum atomic E-state index is 12.2. The molecular formula is C21H23N3O3S. The van der Waals surface area contributed by atoms with E-state index < -0.39 is 0 Å². The number of aryl methyl sites for hydroxylation is 1. The Morgan fingerprint density at radius 3 is 2.89 bits per heavy atom. The topological polar surface area (TPSA) is 63.7 Å². The predicted octanol–water partition coefficient (Wildman–Crippen LogP) is 3.45. The molecule has 2 aromatic carbocycles. The Morgan fingerprint density at radius 2 is 2.07 bits per heavy atom. The van der Waals surface area contributed by atoms with E-state index in [0.717, 1.165) is 54.4 Å². The third kappa shape index (κ3) is 4.67. The molecule has 3 aromatic rings. The van der Waals surface area contributed by atoms with Crippen molar-refractivity contribution >= 4 is 32.6 Å². The third-order valence-electron chi connectivity index (χ3n) is 4.66. The fraction of sp³-hybridized carbons (Fsp3) is 0.333. The number of benzene rings is 2. The summed E-state index contributed by atoms with van der Waals surface area (Å²) in [5.41, 5.74) is 3.15. The summed E-state index contributed by atoms with van der Waals surface area (Å²) >= 11 is 1.48. The first-order chi connectivity index (χ1) is 13.7. The van der Waals surface area contributed by atoms with Crippen LogP contribution in [-0.2, 0) is 16.1 Å². The van der Waals surface area contributed by atoms with Crippen LogP contribution in [0.25, 0.3) is 10.2 Å². The number of thiazole rings is 1. The number of ether oxygens (including phenoxy) is 2. The number of fused-ring (bicyclic) bond motifs is 1. The van der Waals surface area contributed by atoms with Crippen molar-refractivity contribution in [2.45, 2.75) is 13.5 Å². The molecule has 0 unspecified atom stereocenters. The van der Waals surface area contributed by atoms with Crippen LogP contribution in [0.4, 0.5) is 5.13 Å². The Kier molecular flexibility index (Phi) is 5.85. The fourth-order valence-corrected chi connectivity index (χ4v) is 4.10. The van der Waals surface area contributed by atoms with E-state index in [-0.39, 0.29) is 12.5 Å². The molecule has 1 N–H and O–H groups in total. The third-order valence-corrected chi connectivity index (χ3v) is 5.60. The molecule has 0 bridgehead atoms. The maximum Gasteiger partial charge on any atom is 0.264 e. The highest BCUT2D eigenvalue weighted by atomic mass is 32.1. The van der Waals surface area contributed by atoms with E-state index in [1.54, 1.807) is 0 Å². The van der Waals surface area contributed by atoms with Crippen molar-refractivity contribution in [2.75, 3.05) is 38.2 Å². The first-order valence-electron chi connectivity index (χ1n) is 9.35. The minimum absolute atomic E-state index is 0.0386. The molecule has 1 saturated heterocycles. The number of amides is 1. The maximum absolute atomic E-state index is 12.2. The van der Waals surface area contributed by atoms with Crippen molar-refractivity contribution in [3.63, 3.8) is 0 Å². The Hall–Kier alpha value is -2.48. The van der Waals surface area contributed by atoms with E-state index in [9.17, 15) is 4.79 Å². The van der Waals surface area contributed by atoms with Crippen LogP contribution in [0.5, 0.6) is 5.75 Å². The normalized spacial score (nSPS) is 14.9. The van der Waals surface area contributed by atoms with Crippen molar-refractivity contribution < 1.29 is 14.3 Å². The zero-order valence-electron chi connectivity index (χ0n) is 15.8. The molecule has 28 heavy (non-hydrogen) atoms. The average Bonchev–Trinajstić information content (AvgIpc) is 3.09. The number of nitrogens with zero attached hydrogens (tertiary/aromatic N) is 2. The summed E-state index contributed by atoms with van der Waals surface area (Å²) in [6, 6.07) is 13.9. The molecular weight excluding hydrogens is 374 g/mol. The molecule has 0 radical (unpaired) electrons. The largest absolute Gasteiger partial charge is 0.483 e. The number of hydrogen-bond acceptors (Lipinski definition) is 6. The smallest absolute Gasteiger partial charge is 0.264 e. The Morgan fingerprint density at radius 1 is 1.25 bits per heavy atom. The highest BCUT2D eigenvalue weighted by molar-refractivity contribution is 7.22. The van der Waals surface area contributed by atoms with E-state index in [1.807, 2.05) is 37.3 Å². The van der Waals surface area contributed by atoms with E-state index in [0.29, 0.717) is 5.13 Å². The minimum atomic E-state index is -0.212. The molecule has 2 heterocycles. The van der Waals surface area contributed by atoms with Crippen LogP contribution in [-0.4, -0.2) is 48.7 Å². The van der Waals surface area contributed by atoms with Gasteiger partial charge in [0.1, 0.15) is 5.75 Å². The van der Waals surface area contributed by atoms with Gasteiger partial charge in [-0.05, 0) is 36.2 Å². The molecule has 0 saturated carbocycles. The van der Waals surface area contributed by atoms with Gasteiger partial charge in [-0.15, -0.1) is 0 Å². The monoisotopic (exact) mass is 397 g/mol. The molecule has 0 spiro atoms. The second kappa shape index (κ2) is 8.68. The lowest BCUT2D eigenvalue weighted by Crippen LogP contribution is -2.35. The number of nitrogens with one attached hydrogen (secondary N) is 1. The molecule has 1 aromatic heterocycles. The van der Waals surface area contributed by atoms with Crippen LogP contribution < -0.4 is 10.1 Å². The predicted molar refractivity (Wildman–Crippen MR) is 111 cm³/mol. The molecule has 0 aliphatic carbocycles. The number of hydrogen-bond donors (Lipinski definition) is 1. The van der Waals surface area contributed by atoms with Crippen LogP contribution >= 0.6 is 11.3 Å². The minimum Gasteiger partial charge on any atom is -0.483 e. The quantitative estimate of drug-likeness (QED) is 0.690. The molecule has 6 nitrogen and oxygen atoms in total.